The highest BCUT2D eigenvalue weighted by Gasteiger charge is 2.34. The van der Waals surface area contributed by atoms with Crippen LogP contribution < -0.4 is 5.32 Å². The molecule has 0 aliphatic rings. The van der Waals surface area contributed by atoms with E-state index >= 15 is 0 Å². The fourth-order valence-electron chi connectivity index (χ4n) is 3.56. The van der Waals surface area contributed by atoms with Gasteiger partial charge in [0.2, 0.25) is 5.91 Å². The van der Waals surface area contributed by atoms with Gasteiger partial charge < -0.3 is 19.5 Å². The van der Waals surface area contributed by atoms with Gasteiger partial charge in [-0.2, -0.15) is 13.2 Å². The first-order valence-corrected chi connectivity index (χ1v) is 11.3. The minimum absolute atomic E-state index is 0.0918. The Balaban J connectivity index is 1.80. The number of anilines is 1. The monoisotopic (exact) mass is 505 g/mol. The number of furan rings is 1. The van der Waals surface area contributed by atoms with Crippen LogP contribution in [0.3, 0.4) is 0 Å². The van der Waals surface area contributed by atoms with Crippen LogP contribution in [0.25, 0.3) is 0 Å². The summed E-state index contributed by atoms with van der Waals surface area (Å²) in [6, 6.07) is 12.4. The summed E-state index contributed by atoms with van der Waals surface area (Å²) in [5.74, 6) is 0.301. The zero-order chi connectivity index (χ0) is 26.5. The molecule has 0 fully saturated rings. The van der Waals surface area contributed by atoms with E-state index in [1.807, 2.05) is 0 Å². The van der Waals surface area contributed by atoms with Crippen molar-refractivity contribution in [2.24, 2.45) is 0 Å². The summed E-state index contributed by atoms with van der Waals surface area (Å²) in [7, 11) is 0. The van der Waals surface area contributed by atoms with Gasteiger partial charge in [-0.15, -0.1) is 0 Å². The van der Waals surface area contributed by atoms with Gasteiger partial charge in [0.15, 0.2) is 0 Å². The first-order chi connectivity index (χ1) is 16.9. The molecule has 0 saturated carbocycles. The third kappa shape index (κ3) is 7.10. The van der Waals surface area contributed by atoms with Crippen molar-refractivity contribution in [3.8, 4) is 0 Å². The highest BCUT2D eigenvalue weighted by molar-refractivity contribution is 5.93. The smallest absolute Gasteiger partial charge is 0.418 e. The van der Waals surface area contributed by atoms with Crippen LogP contribution in [0.1, 0.15) is 36.5 Å². The van der Waals surface area contributed by atoms with Crippen LogP contribution in [0.2, 0.25) is 0 Å². The van der Waals surface area contributed by atoms with Crippen molar-refractivity contribution in [2.75, 3.05) is 11.9 Å². The minimum Gasteiger partial charge on any atom is -0.464 e. The second kappa shape index (κ2) is 11.3. The van der Waals surface area contributed by atoms with Crippen LogP contribution in [0, 0.1) is 12.7 Å². The number of hydrogen-bond donors (Lipinski definition) is 1. The number of benzene rings is 2. The number of nitrogens with one attached hydrogen (secondary N) is 1. The Morgan fingerprint density at radius 1 is 0.972 bits per heavy atom. The molecule has 1 N–H and O–H groups in total. The molecule has 3 aromatic rings. The molecular weight excluding hydrogens is 478 g/mol. The van der Waals surface area contributed by atoms with E-state index in [4.69, 9.17) is 4.42 Å². The average Bonchev–Trinajstić information content (AvgIpc) is 3.22. The lowest BCUT2D eigenvalue weighted by atomic mass is 10.1. The van der Waals surface area contributed by atoms with Gasteiger partial charge in [0, 0.05) is 12.6 Å². The van der Waals surface area contributed by atoms with Gasteiger partial charge in [-0.1, -0.05) is 24.3 Å². The SMILES string of the molecule is Cc1ccc(CN(Cc2ccc(F)cc2)C(=O)CN(C(=O)Nc2ccccc2C(F)(F)F)C(C)C)o1. The molecule has 0 atom stereocenters. The van der Waals surface area contributed by atoms with Crippen molar-refractivity contribution in [1.82, 2.24) is 9.80 Å². The first kappa shape index (κ1) is 26.8. The third-order valence-corrected chi connectivity index (χ3v) is 5.45. The largest absolute Gasteiger partial charge is 0.464 e. The van der Waals surface area contributed by atoms with Gasteiger partial charge in [-0.25, -0.2) is 9.18 Å². The maximum Gasteiger partial charge on any atom is 0.418 e. The molecule has 1 aromatic heterocycles. The summed E-state index contributed by atoms with van der Waals surface area (Å²) >= 11 is 0. The number of aryl methyl sites for hydroxylation is 1. The normalized spacial score (nSPS) is 11.4. The molecule has 0 spiro atoms. The number of rotatable bonds is 8. The van der Waals surface area contributed by atoms with Crippen molar-refractivity contribution < 1.29 is 31.6 Å². The second-order valence-corrected chi connectivity index (χ2v) is 8.58. The van der Waals surface area contributed by atoms with Gasteiger partial charge in [-0.05, 0) is 62.7 Å². The van der Waals surface area contributed by atoms with Crippen LogP contribution in [-0.4, -0.2) is 34.3 Å². The molecule has 0 aliphatic carbocycles. The lowest BCUT2D eigenvalue weighted by Crippen LogP contribution is -2.47. The maximum atomic E-state index is 13.4. The summed E-state index contributed by atoms with van der Waals surface area (Å²) in [5.41, 5.74) is -0.727. The van der Waals surface area contributed by atoms with Crippen molar-refractivity contribution >= 4 is 17.6 Å². The van der Waals surface area contributed by atoms with E-state index in [2.05, 4.69) is 5.32 Å². The predicted molar refractivity (Wildman–Crippen MR) is 126 cm³/mol. The number of amides is 3. The van der Waals surface area contributed by atoms with Gasteiger partial charge >= 0.3 is 12.2 Å². The Morgan fingerprint density at radius 3 is 2.22 bits per heavy atom. The molecule has 0 saturated heterocycles. The number of urea groups is 1. The number of para-hydroxylation sites is 1. The van der Waals surface area contributed by atoms with Crippen LogP contribution >= 0.6 is 0 Å². The molecule has 36 heavy (non-hydrogen) atoms. The third-order valence-electron chi connectivity index (χ3n) is 5.45. The van der Waals surface area contributed by atoms with E-state index in [0.717, 1.165) is 17.0 Å². The summed E-state index contributed by atoms with van der Waals surface area (Å²) in [6.07, 6.45) is -4.66. The molecule has 192 valence electrons. The Bertz CT molecular complexity index is 1190. The quantitative estimate of drug-likeness (QED) is 0.370. The van der Waals surface area contributed by atoms with E-state index in [1.165, 1.54) is 29.2 Å². The highest BCUT2D eigenvalue weighted by Crippen LogP contribution is 2.34. The van der Waals surface area contributed by atoms with E-state index in [0.29, 0.717) is 17.1 Å². The molecular formula is C26H27F4N3O3. The Labute approximate surface area is 206 Å². The van der Waals surface area contributed by atoms with Gasteiger partial charge in [0.1, 0.15) is 23.9 Å². The van der Waals surface area contributed by atoms with Crippen LogP contribution in [0.15, 0.2) is 65.1 Å². The molecule has 0 radical (unpaired) electrons. The van der Waals surface area contributed by atoms with Gasteiger partial charge in [0.25, 0.3) is 0 Å². The Kier molecular flexibility index (Phi) is 8.39. The number of hydrogen-bond acceptors (Lipinski definition) is 3. The van der Waals surface area contributed by atoms with Crippen molar-refractivity contribution in [3.05, 3.63) is 89.1 Å². The van der Waals surface area contributed by atoms with Gasteiger partial charge in [0.05, 0.1) is 17.8 Å². The Hall–Kier alpha value is -3.82. The second-order valence-electron chi connectivity index (χ2n) is 8.58. The van der Waals surface area contributed by atoms with Gasteiger partial charge in [-0.3, -0.25) is 4.79 Å². The number of carbonyl (C=O) groups is 2. The Morgan fingerprint density at radius 2 is 1.64 bits per heavy atom. The predicted octanol–water partition coefficient (Wildman–Crippen LogP) is 6.22. The molecule has 3 rings (SSSR count). The van der Waals surface area contributed by atoms with Crippen LogP contribution in [0.4, 0.5) is 28.0 Å². The molecule has 0 aliphatic heterocycles. The molecule has 0 bridgehead atoms. The number of carbonyl (C=O) groups excluding carboxylic acids is 2. The lowest BCUT2D eigenvalue weighted by Gasteiger charge is -2.30. The average molecular weight is 506 g/mol. The molecule has 3 amide bonds. The summed E-state index contributed by atoms with van der Waals surface area (Å²) in [5, 5.41) is 2.29. The molecule has 0 unspecified atom stereocenters. The zero-order valence-corrected chi connectivity index (χ0v) is 20.1. The highest BCUT2D eigenvalue weighted by atomic mass is 19.4. The fraction of sp³-hybridized carbons (Fsp3) is 0.308. The fourth-order valence-corrected chi connectivity index (χ4v) is 3.56. The molecule has 10 heteroatoms. The number of alkyl halides is 3. The summed E-state index contributed by atoms with van der Waals surface area (Å²) < 4.78 is 59.0. The maximum absolute atomic E-state index is 13.4. The standard InChI is InChI=1S/C26H27F4N3O3/c1-17(2)33(25(35)31-23-7-5-4-6-22(23)26(28,29)30)16-24(34)32(15-21-13-8-18(3)36-21)14-19-9-11-20(27)12-10-19/h4-13,17H,14-16H2,1-3H3,(H,31,35). The molecule has 2 aromatic carbocycles. The zero-order valence-electron chi connectivity index (χ0n) is 20.1. The van der Waals surface area contributed by atoms with E-state index in [1.54, 1.807) is 45.0 Å². The summed E-state index contributed by atoms with van der Waals surface area (Å²) in [4.78, 5) is 28.9. The van der Waals surface area contributed by atoms with Crippen molar-refractivity contribution in [1.29, 1.82) is 0 Å². The van der Waals surface area contributed by atoms with Crippen LogP contribution in [0.5, 0.6) is 0 Å². The minimum atomic E-state index is -4.66. The first-order valence-electron chi connectivity index (χ1n) is 11.3. The van der Waals surface area contributed by atoms with Crippen LogP contribution in [-0.2, 0) is 24.1 Å². The van der Waals surface area contributed by atoms with Crippen molar-refractivity contribution in [2.45, 2.75) is 46.1 Å². The summed E-state index contributed by atoms with van der Waals surface area (Å²) in [6.45, 7) is 4.89. The van der Waals surface area contributed by atoms with E-state index < -0.39 is 47.8 Å². The number of nitrogens with zero attached hydrogens (tertiary/aromatic N) is 2. The lowest BCUT2D eigenvalue weighted by molar-refractivity contribution is -0.137. The van der Waals surface area contributed by atoms with E-state index in [9.17, 15) is 27.2 Å². The van der Waals surface area contributed by atoms with Crippen molar-refractivity contribution in [3.63, 3.8) is 0 Å². The molecule has 1 heterocycles. The topological polar surface area (TPSA) is 65.8 Å². The molecule has 6 nitrogen and oxygen atoms in total. The number of halogens is 4. The van der Waals surface area contributed by atoms with E-state index in [-0.39, 0.29) is 13.1 Å².